The lowest BCUT2D eigenvalue weighted by Crippen LogP contribution is -2.68. The molecule has 0 radical (unpaired) electrons. The van der Waals surface area contributed by atoms with Crippen molar-refractivity contribution in [2.24, 2.45) is 0 Å². The summed E-state index contributed by atoms with van der Waals surface area (Å²) < 4.78 is 36.0. The van der Waals surface area contributed by atoms with Crippen LogP contribution in [-0.2, 0) is 6.42 Å². The van der Waals surface area contributed by atoms with Gasteiger partial charge < -0.3 is 0 Å². The monoisotopic (exact) mass is 379 g/mol. The van der Waals surface area contributed by atoms with Crippen LogP contribution in [-0.4, -0.2) is 10.1 Å². The number of aryl methyl sites for hydroxylation is 2. The van der Waals surface area contributed by atoms with Gasteiger partial charge in [-0.1, -0.05) is 39.9 Å². The average molecular weight is 380 g/mol. The maximum atomic E-state index is 8.49. The lowest BCUT2D eigenvalue weighted by atomic mass is 10.1. The van der Waals surface area contributed by atoms with Gasteiger partial charge in [-0.2, -0.15) is 0 Å². The summed E-state index contributed by atoms with van der Waals surface area (Å²) in [5.74, 6) is 0. The zero-order chi connectivity index (χ0) is 18.0. The van der Waals surface area contributed by atoms with Crippen LogP contribution in [0.4, 0.5) is 0 Å². The Morgan fingerprint density at radius 2 is 1.80 bits per heavy atom. The second-order valence-corrected chi connectivity index (χ2v) is 7.32. The Morgan fingerprint density at radius 3 is 2.48 bits per heavy atom. The van der Waals surface area contributed by atoms with E-state index in [0.29, 0.717) is 0 Å². The van der Waals surface area contributed by atoms with E-state index in [-0.39, 0.29) is 0 Å². The first-order chi connectivity index (χ1) is 11.8. The van der Waals surface area contributed by atoms with Crippen LogP contribution in [0.5, 0.6) is 0 Å². The third-order valence-corrected chi connectivity index (χ3v) is 4.45. The highest BCUT2D eigenvalue weighted by Crippen LogP contribution is 2.31. The molecule has 7 nitrogen and oxygen atoms in total. The SMILES string of the molecule is Cc1n[n+]2c3c(cnc2s1)CC/C3=C/c1ccccc1.[O-][Cl+3]([O-])([O-])[O-]. The summed E-state index contributed by atoms with van der Waals surface area (Å²) in [6.07, 6.45) is 6.40. The quantitative estimate of drug-likeness (QED) is 0.465. The zero-order valence-electron chi connectivity index (χ0n) is 13.2. The molecule has 3 aromatic rings. The number of halogens is 1. The molecular weight excluding hydrogens is 366 g/mol. The Balaban J connectivity index is 0.000000324. The lowest BCUT2D eigenvalue weighted by Gasteiger charge is -2.17. The molecule has 1 aliphatic carbocycles. The molecule has 0 N–H and O–H groups in total. The van der Waals surface area contributed by atoms with Crippen molar-refractivity contribution in [2.45, 2.75) is 19.8 Å². The van der Waals surface area contributed by atoms with Crippen molar-refractivity contribution < 1.29 is 33.4 Å². The molecule has 0 bridgehead atoms. The molecule has 0 unspecified atom stereocenters. The second-order valence-electron chi connectivity index (χ2n) is 5.41. The van der Waals surface area contributed by atoms with Crippen molar-refractivity contribution in [1.82, 2.24) is 10.1 Å². The third kappa shape index (κ3) is 4.57. The predicted octanol–water partition coefficient (Wildman–Crippen LogP) is -1.68. The number of hydrogen-bond donors (Lipinski definition) is 0. The number of allylic oxidation sites excluding steroid dienone is 1. The summed E-state index contributed by atoms with van der Waals surface area (Å²) in [5, 5.41) is 5.66. The number of rotatable bonds is 1. The molecule has 0 fully saturated rings. The van der Waals surface area contributed by atoms with Gasteiger partial charge in [-0.3, -0.25) is 0 Å². The van der Waals surface area contributed by atoms with Crippen molar-refractivity contribution in [3.63, 3.8) is 0 Å². The minimum absolute atomic E-state index is 0.974. The molecule has 130 valence electrons. The topological polar surface area (TPSA) is 122 Å². The molecule has 25 heavy (non-hydrogen) atoms. The molecule has 0 saturated heterocycles. The molecule has 1 aliphatic rings. The highest BCUT2D eigenvalue weighted by Gasteiger charge is 2.27. The summed E-state index contributed by atoms with van der Waals surface area (Å²) in [6, 6.07) is 10.5. The van der Waals surface area contributed by atoms with Crippen LogP contribution >= 0.6 is 11.3 Å². The van der Waals surface area contributed by atoms with Crippen molar-refractivity contribution >= 4 is 27.9 Å². The van der Waals surface area contributed by atoms with E-state index in [1.54, 1.807) is 11.3 Å². The number of nitrogens with zero attached hydrogens (tertiary/aromatic N) is 3. The van der Waals surface area contributed by atoms with E-state index in [0.717, 1.165) is 22.8 Å². The fourth-order valence-electron chi connectivity index (χ4n) is 2.74. The zero-order valence-corrected chi connectivity index (χ0v) is 14.8. The van der Waals surface area contributed by atoms with E-state index in [1.165, 1.54) is 22.4 Å². The fourth-order valence-corrected chi connectivity index (χ4v) is 3.45. The lowest BCUT2D eigenvalue weighted by molar-refractivity contribution is -2.00. The summed E-state index contributed by atoms with van der Waals surface area (Å²) in [7, 11) is -4.94. The highest BCUT2D eigenvalue weighted by atomic mass is 35.7. The smallest absolute Gasteiger partial charge is 0.222 e. The van der Waals surface area contributed by atoms with Crippen LogP contribution < -0.4 is 23.2 Å². The molecule has 2 heterocycles. The van der Waals surface area contributed by atoms with Gasteiger partial charge in [-0.25, -0.2) is 18.6 Å². The van der Waals surface area contributed by atoms with Gasteiger partial charge in [0, 0.05) is 11.1 Å². The minimum Gasteiger partial charge on any atom is -0.222 e. The first kappa shape index (κ1) is 17.9. The molecule has 0 spiro atoms. The molecule has 1 aromatic carbocycles. The molecular formula is C16H14ClN3O4S. The second kappa shape index (κ2) is 7.12. The summed E-state index contributed by atoms with van der Waals surface area (Å²) in [4.78, 5) is 5.48. The summed E-state index contributed by atoms with van der Waals surface area (Å²) >= 11 is 1.64. The van der Waals surface area contributed by atoms with Crippen LogP contribution in [0.25, 0.3) is 16.6 Å². The largest absolute Gasteiger partial charge is 0.410 e. The van der Waals surface area contributed by atoms with Crippen LogP contribution in [0.2, 0.25) is 0 Å². The predicted molar refractivity (Wildman–Crippen MR) is 80.4 cm³/mol. The molecule has 4 rings (SSSR count). The standard InChI is InChI=1S/C16H14N3S.ClHO4/c1-11-18-19-15-13(9-12-5-3-2-4-6-12)7-8-14(15)10-17-16(19)20-11;2-1(3,4)5/h2-6,9-10H,7-8H2,1H3;(H,2,3,4,5)/q+1;/p-1/b13-9-;. The Kier molecular flexibility index (Phi) is 5.09. The molecule has 0 saturated carbocycles. The van der Waals surface area contributed by atoms with Crippen molar-refractivity contribution in [3.05, 3.63) is 58.4 Å². The summed E-state index contributed by atoms with van der Waals surface area (Å²) in [6.45, 7) is 2.03. The Labute approximate surface area is 149 Å². The number of fused-ring (bicyclic) bond motifs is 3. The Bertz CT molecular complexity index is 916. The van der Waals surface area contributed by atoms with E-state index in [2.05, 4.69) is 40.4 Å². The van der Waals surface area contributed by atoms with Gasteiger partial charge in [-0.05, 0) is 47.7 Å². The van der Waals surface area contributed by atoms with Gasteiger partial charge >= 0.3 is 4.96 Å². The first-order valence-corrected chi connectivity index (χ1v) is 9.41. The van der Waals surface area contributed by atoms with Gasteiger partial charge in [0.05, 0.1) is 0 Å². The fraction of sp³-hybridized carbons (Fsp3) is 0.188. The number of aromatic nitrogens is 3. The molecule has 0 aliphatic heterocycles. The third-order valence-electron chi connectivity index (χ3n) is 3.62. The van der Waals surface area contributed by atoms with Crippen LogP contribution in [0.15, 0.2) is 36.5 Å². The minimum atomic E-state index is -4.94. The summed E-state index contributed by atoms with van der Waals surface area (Å²) in [5.41, 5.74) is 5.14. The normalized spacial score (nSPS) is 15.2. The highest BCUT2D eigenvalue weighted by molar-refractivity contribution is 7.16. The van der Waals surface area contributed by atoms with Gasteiger partial charge in [0.15, 0.2) is 5.69 Å². The van der Waals surface area contributed by atoms with E-state index in [1.807, 2.05) is 23.7 Å². The van der Waals surface area contributed by atoms with Crippen LogP contribution in [0.1, 0.15) is 28.2 Å². The van der Waals surface area contributed by atoms with Gasteiger partial charge in [0.1, 0.15) is 11.2 Å². The van der Waals surface area contributed by atoms with E-state index in [4.69, 9.17) is 18.6 Å². The molecule has 0 amide bonds. The number of hydrogen-bond acceptors (Lipinski definition) is 7. The average Bonchev–Trinajstić information content (AvgIpc) is 3.09. The van der Waals surface area contributed by atoms with E-state index >= 15 is 0 Å². The first-order valence-electron chi connectivity index (χ1n) is 7.36. The Hall–Kier alpha value is -1.94. The molecule has 2 aromatic heterocycles. The number of benzene rings is 1. The van der Waals surface area contributed by atoms with E-state index < -0.39 is 10.2 Å². The van der Waals surface area contributed by atoms with Crippen molar-refractivity contribution in [2.75, 3.05) is 0 Å². The maximum Gasteiger partial charge on any atom is 0.410 e. The van der Waals surface area contributed by atoms with Crippen LogP contribution in [0.3, 0.4) is 0 Å². The van der Waals surface area contributed by atoms with Gasteiger partial charge in [-0.15, -0.1) is 10.2 Å². The van der Waals surface area contributed by atoms with Crippen LogP contribution in [0, 0.1) is 17.2 Å². The molecule has 0 atom stereocenters. The van der Waals surface area contributed by atoms with E-state index in [9.17, 15) is 0 Å². The maximum absolute atomic E-state index is 8.49. The van der Waals surface area contributed by atoms with Crippen molar-refractivity contribution in [1.29, 1.82) is 0 Å². The Morgan fingerprint density at radius 1 is 1.12 bits per heavy atom. The molecule has 9 heteroatoms. The van der Waals surface area contributed by atoms with Gasteiger partial charge in [0.2, 0.25) is 0 Å². The van der Waals surface area contributed by atoms with Crippen molar-refractivity contribution in [3.8, 4) is 0 Å². The van der Waals surface area contributed by atoms with Gasteiger partial charge in [0.25, 0.3) is 0 Å².